The van der Waals surface area contributed by atoms with Gasteiger partial charge in [0.25, 0.3) is 0 Å². The Morgan fingerprint density at radius 3 is 1.89 bits per heavy atom. The highest BCUT2D eigenvalue weighted by atomic mass is 19.4. The van der Waals surface area contributed by atoms with Crippen molar-refractivity contribution in [2.45, 2.75) is 44.1 Å². The van der Waals surface area contributed by atoms with E-state index in [2.05, 4.69) is 9.97 Å². The number of halogens is 9. The predicted octanol–water partition coefficient (Wildman–Crippen LogP) is 7.28. The zero-order valence-electron chi connectivity index (χ0n) is 19.1. The van der Waals surface area contributed by atoms with Gasteiger partial charge in [0.15, 0.2) is 5.82 Å². The lowest BCUT2D eigenvalue weighted by atomic mass is 9.97. The van der Waals surface area contributed by atoms with Gasteiger partial charge in [0, 0.05) is 18.0 Å². The number of cyclic esters (lactones) is 1. The zero-order valence-corrected chi connectivity index (χ0v) is 19.1. The fourth-order valence-corrected chi connectivity index (χ4v) is 4.04. The molecule has 0 aliphatic carbocycles. The summed E-state index contributed by atoms with van der Waals surface area (Å²) in [6, 6.07) is 3.84. The molecule has 1 aromatic heterocycles. The number of ether oxygens (including phenoxy) is 1. The maximum absolute atomic E-state index is 13.4. The average molecular weight is 549 g/mol. The third-order valence-corrected chi connectivity index (χ3v) is 5.91. The third-order valence-electron chi connectivity index (χ3n) is 5.91. The van der Waals surface area contributed by atoms with Crippen LogP contribution in [0.4, 0.5) is 44.3 Å². The van der Waals surface area contributed by atoms with E-state index in [-0.39, 0.29) is 23.0 Å². The molecule has 1 aliphatic rings. The molecule has 1 aliphatic heterocycles. The summed E-state index contributed by atoms with van der Waals surface area (Å²) in [4.78, 5) is 21.6. The molecular formula is C24H16F9N3O2. The molecule has 1 fully saturated rings. The molecule has 14 heteroatoms. The second kappa shape index (κ2) is 9.48. The fourth-order valence-electron chi connectivity index (χ4n) is 4.04. The molecule has 4 rings (SSSR count). The van der Waals surface area contributed by atoms with Crippen LogP contribution in [-0.2, 0) is 29.8 Å². The molecule has 0 spiro atoms. The minimum absolute atomic E-state index is 0.0423. The largest absolute Gasteiger partial charge is 0.439 e. The van der Waals surface area contributed by atoms with Crippen LogP contribution in [0.15, 0.2) is 54.9 Å². The molecule has 1 saturated heterocycles. The van der Waals surface area contributed by atoms with E-state index in [1.807, 2.05) is 0 Å². The lowest BCUT2D eigenvalue weighted by Gasteiger charge is -2.23. The van der Waals surface area contributed by atoms with Crippen LogP contribution in [0.5, 0.6) is 0 Å². The Hall–Kier alpha value is -3.84. The van der Waals surface area contributed by atoms with Crippen LogP contribution in [0.1, 0.15) is 40.8 Å². The van der Waals surface area contributed by atoms with Crippen LogP contribution in [0.25, 0.3) is 11.4 Å². The molecule has 0 radical (unpaired) electrons. The number of aromatic nitrogens is 2. The number of alkyl halides is 9. The van der Waals surface area contributed by atoms with Crippen molar-refractivity contribution >= 4 is 6.09 Å². The van der Waals surface area contributed by atoms with Crippen molar-refractivity contribution in [3.8, 4) is 11.4 Å². The second-order valence-corrected chi connectivity index (χ2v) is 8.45. The maximum atomic E-state index is 13.4. The maximum Gasteiger partial charge on any atom is 0.416 e. The first-order valence-electron chi connectivity index (χ1n) is 10.8. The molecule has 0 bridgehead atoms. The Bertz CT molecular complexity index is 1310. The summed E-state index contributed by atoms with van der Waals surface area (Å²) in [5.41, 5.74) is -4.71. The Morgan fingerprint density at radius 1 is 0.816 bits per heavy atom. The number of nitrogens with zero attached hydrogens (tertiary/aromatic N) is 3. The van der Waals surface area contributed by atoms with Crippen molar-refractivity contribution in [2.24, 2.45) is 0 Å². The van der Waals surface area contributed by atoms with E-state index in [1.165, 1.54) is 25.4 Å². The molecular weight excluding hydrogens is 533 g/mol. The van der Waals surface area contributed by atoms with Crippen molar-refractivity contribution in [3.05, 3.63) is 82.7 Å². The van der Waals surface area contributed by atoms with Crippen LogP contribution in [-0.4, -0.2) is 27.0 Å². The Kier molecular flexibility index (Phi) is 6.78. The van der Waals surface area contributed by atoms with Crippen LogP contribution in [0.2, 0.25) is 0 Å². The molecule has 0 unspecified atom stereocenters. The van der Waals surface area contributed by atoms with Crippen LogP contribution in [0, 0.1) is 0 Å². The highest BCUT2D eigenvalue weighted by Crippen LogP contribution is 2.41. The summed E-state index contributed by atoms with van der Waals surface area (Å²) >= 11 is 0. The van der Waals surface area contributed by atoms with Crippen molar-refractivity contribution in [3.63, 3.8) is 0 Å². The van der Waals surface area contributed by atoms with Crippen LogP contribution in [0.3, 0.4) is 0 Å². The highest BCUT2D eigenvalue weighted by molar-refractivity contribution is 5.72. The summed E-state index contributed by atoms with van der Waals surface area (Å²) in [5.74, 6) is 0.0423. The van der Waals surface area contributed by atoms with Gasteiger partial charge in [-0.2, -0.15) is 39.5 Å². The number of hydrogen-bond donors (Lipinski definition) is 0. The van der Waals surface area contributed by atoms with Crippen LogP contribution < -0.4 is 0 Å². The van der Waals surface area contributed by atoms with Gasteiger partial charge in [0.05, 0.1) is 29.3 Å². The summed E-state index contributed by atoms with van der Waals surface area (Å²) < 4.78 is 125. The molecule has 5 nitrogen and oxygen atoms in total. The number of carbonyl (C=O) groups excluding carboxylic acids is 1. The molecule has 202 valence electrons. The molecule has 2 atom stereocenters. The van der Waals surface area contributed by atoms with E-state index in [1.54, 1.807) is 0 Å². The zero-order chi connectivity index (χ0) is 28.0. The first-order chi connectivity index (χ1) is 17.6. The van der Waals surface area contributed by atoms with Crippen molar-refractivity contribution in [1.29, 1.82) is 0 Å². The fraction of sp³-hybridized carbons (Fsp3) is 0.292. The summed E-state index contributed by atoms with van der Waals surface area (Å²) in [6.07, 6.45) is -15.0. The molecule has 2 aromatic carbocycles. The quantitative estimate of drug-likeness (QED) is 0.321. The topological polar surface area (TPSA) is 55.3 Å². The first kappa shape index (κ1) is 27.2. The van der Waals surface area contributed by atoms with Gasteiger partial charge in [-0.05, 0) is 54.4 Å². The molecule has 1 amide bonds. The van der Waals surface area contributed by atoms with Gasteiger partial charge in [0.2, 0.25) is 0 Å². The Labute approximate surface area is 208 Å². The average Bonchev–Trinajstić information content (AvgIpc) is 3.11. The smallest absolute Gasteiger partial charge is 0.416 e. The number of amides is 1. The molecule has 2 heterocycles. The second-order valence-electron chi connectivity index (χ2n) is 8.45. The minimum atomic E-state index is -5.12. The van der Waals surface area contributed by atoms with Gasteiger partial charge in [-0.25, -0.2) is 14.8 Å². The van der Waals surface area contributed by atoms with Gasteiger partial charge in [-0.3, -0.25) is 4.90 Å². The highest BCUT2D eigenvalue weighted by Gasteiger charge is 2.43. The lowest BCUT2D eigenvalue weighted by molar-refractivity contribution is -0.143. The van der Waals surface area contributed by atoms with E-state index in [0.29, 0.717) is 12.1 Å². The van der Waals surface area contributed by atoms with Crippen molar-refractivity contribution in [1.82, 2.24) is 14.9 Å². The molecule has 38 heavy (non-hydrogen) atoms. The number of benzene rings is 2. The molecule has 0 N–H and O–H groups in total. The van der Waals surface area contributed by atoms with E-state index in [9.17, 15) is 44.3 Å². The summed E-state index contributed by atoms with van der Waals surface area (Å²) in [6.45, 7) is 0.786. The first-order valence-corrected chi connectivity index (χ1v) is 10.8. The van der Waals surface area contributed by atoms with E-state index >= 15 is 0 Å². The monoisotopic (exact) mass is 549 g/mol. The number of hydrogen-bond acceptors (Lipinski definition) is 4. The van der Waals surface area contributed by atoms with Crippen molar-refractivity contribution in [2.75, 3.05) is 0 Å². The minimum Gasteiger partial charge on any atom is -0.439 e. The predicted molar refractivity (Wildman–Crippen MR) is 113 cm³/mol. The van der Waals surface area contributed by atoms with Gasteiger partial charge in [-0.15, -0.1) is 0 Å². The standard InChI is InChI=1S/C24H16F9N3O2/c1-12-19(13-7-16(23(28,29)30)10-17(8-13)24(31,32)33)38-21(37)36(12)11-14-9-15(22(25,26)27)3-4-18(14)20-34-5-2-6-35-20/h2-10,12,19H,11H2,1H3/t12-,19-/m0/s1. The lowest BCUT2D eigenvalue weighted by Crippen LogP contribution is -2.32. The SMILES string of the molecule is C[C@H]1[C@@H](c2cc(C(F)(F)F)cc(C(F)(F)F)c2)OC(=O)N1Cc1cc(C(F)(F)F)ccc1-c1ncccn1. The van der Waals surface area contributed by atoms with Gasteiger partial charge >= 0.3 is 24.6 Å². The Balaban J connectivity index is 1.73. The summed E-state index contributed by atoms with van der Waals surface area (Å²) in [5, 5.41) is 0. The molecule has 3 aromatic rings. The van der Waals surface area contributed by atoms with Crippen molar-refractivity contribution < 1.29 is 49.0 Å². The molecule has 0 saturated carbocycles. The number of carbonyl (C=O) groups is 1. The van der Waals surface area contributed by atoms with Gasteiger partial charge < -0.3 is 4.74 Å². The van der Waals surface area contributed by atoms with Gasteiger partial charge in [0.1, 0.15) is 6.10 Å². The Morgan fingerprint density at radius 2 is 1.37 bits per heavy atom. The normalized spacial score (nSPS) is 18.6. The van der Waals surface area contributed by atoms with E-state index < -0.39 is 65.6 Å². The third kappa shape index (κ3) is 5.53. The van der Waals surface area contributed by atoms with E-state index in [0.717, 1.165) is 23.1 Å². The van der Waals surface area contributed by atoms with Gasteiger partial charge in [-0.1, -0.05) is 6.07 Å². The summed E-state index contributed by atoms with van der Waals surface area (Å²) in [7, 11) is 0. The van der Waals surface area contributed by atoms with E-state index in [4.69, 9.17) is 4.74 Å². The van der Waals surface area contributed by atoms with Crippen LogP contribution >= 0.6 is 0 Å². The number of rotatable bonds is 4.